The third kappa shape index (κ3) is 4.02. The number of halogens is 1. The molecule has 0 aromatic heterocycles. The quantitative estimate of drug-likeness (QED) is 0.563. The summed E-state index contributed by atoms with van der Waals surface area (Å²) in [5, 5.41) is 0. The lowest BCUT2D eigenvalue weighted by Crippen LogP contribution is -2.69. The zero-order valence-electron chi connectivity index (χ0n) is 19.3. The molecule has 1 spiro atoms. The van der Waals surface area contributed by atoms with Crippen molar-refractivity contribution in [3.63, 3.8) is 0 Å². The number of nitrogens with zero attached hydrogens (tertiary/aromatic N) is 1. The zero-order chi connectivity index (χ0) is 20.9. The molecule has 31 heavy (non-hydrogen) atoms. The molecule has 1 aromatic carbocycles. The molecule has 5 nitrogen and oxygen atoms in total. The SMILES string of the molecule is C[C@@H]1CC[C@H]2[C@@H](CCCc3ccc(N(C)C)cc3)CO[C@@H]3O[C@@]4(C)CC[C@@H]1[C@]32OO4.Cl. The van der Waals surface area contributed by atoms with Crippen LogP contribution in [-0.2, 0) is 25.7 Å². The van der Waals surface area contributed by atoms with Crippen molar-refractivity contribution in [1.82, 2.24) is 0 Å². The van der Waals surface area contributed by atoms with Gasteiger partial charge in [-0.05, 0) is 80.9 Å². The Hall–Kier alpha value is -0.850. The van der Waals surface area contributed by atoms with Crippen LogP contribution in [0.3, 0.4) is 0 Å². The molecule has 6 heteroatoms. The molecule has 2 bridgehead atoms. The van der Waals surface area contributed by atoms with Crippen molar-refractivity contribution in [3.8, 4) is 0 Å². The summed E-state index contributed by atoms with van der Waals surface area (Å²) in [6.45, 7) is 5.14. The molecule has 6 rings (SSSR count). The second kappa shape index (κ2) is 8.83. The van der Waals surface area contributed by atoms with E-state index >= 15 is 0 Å². The Morgan fingerprint density at radius 1 is 1.03 bits per heavy atom. The predicted octanol–water partition coefficient (Wildman–Crippen LogP) is 5.36. The van der Waals surface area contributed by atoms with Gasteiger partial charge >= 0.3 is 0 Å². The lowest BCUT2D eigenvalue weighted by Gasteiger charge is -2.59. The minimum absolute atomic E-state index is 0. The van der Waals surface area contributed by atoms with Crippen molar-refractivity contribution in [2.24, 2.45) is 23.7 Å². The van der Waals surface area contributed by atoms with E-state index in [0.29, 0.717) is 23.7 Å². The summed E-state index contributed by atoms with van der Waals surface area (Å²) in [7, 11) is 4.17. The molecule has 174 valence electrons. The Kier molecular flexibility index (Phi) is 6.64. The van der Waals surface area contributed by atoms with Crippen LogP contribution in [0.25, 0.3) is 0 Å². The van der Waals surface area contributed by atoms with Gasteiger partial charge in [-0.2, -0.15) is 0 Å². The van der Waals surface area contributed by atoms with Gasteiger partial charge in [0, 0.05) is 32.1 Å². The minimum Gasteiger partial charge on any atom is -0.378 e. The summed E-state index contributed by atoms with van der Waals surface area (Å²) in [4.78, 5) is 14.3. The van der Waals surface area contributed by atoms with E-state index in [-0.39, 0.29) is 18.7 Å². The average molecular weight is 452 g/mol. The van der Waals surface area contributed by atoms with Crippen LogP contribution >= 0.6 is 12.4 Å². The first-order valence-electron chi connectivity index (χ1n) is 11.8. The number of anilines is 1. The number of aryl methyl sites for hydroxylation is 1. The van der Waals surface area contributed by atoms with E-state index in [1.54, 1.807) is 0 Å². The number of hydrogen-bond acceptors (Lipinski definition) is 5. The number of fused-ring (bicyclic) bond motifs is 2. The summed E-state index contributed by atoms with van der Waals surface area (Å²) in [5.41, 5.74) is 2.24. The highest BCUT2D eigenvalue weighted by Crippen LogP contribution is 2.60. The lowest BCUT2D eigenvalue weighted by molar-refractivity contribution is -0.567. The summed E-state index contributed by atoms with van der Waals surface area (Å²) in [6.07, 6.45) is 7.59. The molecule has 0 radical (unpaired) electrons. The third-order valence-corrected chi connectivity index (χ3v) is 8.30. The average Bonchev–Trinajstić information content (AvgIpc) is 2.97. The fourth-order valence-corrected chi connectivity index (χ4v) is 6.54. The first-order valence-corrected chi connectivity index (χ1v) is 11.8. The Labute approximate surface area is 193 Å². The second-order valence-electron chi connectivity index (χ2n) is 10.5. The maximum atomic E-state index is 6.36. The normalized spacial score (nSPS) is 41.1. The highest BCUT2D eigenvalue weighted by molar-refractivity contribution is 5.85. The van der Waals surface area contributed by atoms with Gasteiger partial charge in [-0.1, -0.05) is 19.1 Å². The fraction of sp³-hybridized carbons (Fsp3) is 0.760. The topological polar surface area (TPSA) is 40.2 Å². The van der Waals surface area contributed by atoms with Gasteiger partial charge in [-0.3, -0.25) is 0 Å². The van der Waals surface area contributed by atoms with Crippen molar-refractivity contribution in [1.29, 1.82) is 0 Å². The van der Waals surface area contributed by atoms with Crippen molar-refractivity contribution >= 4 is 18.1 Å². The van der Waals surface area contributed by atoms with Crippen molar-refractivity contribution in [3.05, 3.63) is 29.8 Å². The number of ether oxygens (including phenoxy) is 2. The lowest BCUT2D eigenvalue weighted by atomic mass is 9.57. The van der Waals surface area contributed by atoms with Crippen LogP contribution in [0, 0.1) is 23.7 Å². The van der Waals surface area contributed by atoms with Gasteiger partial charge < -0.3 is 14.4 Å². The molecule has 0 N–H and O–H groups in total. The van der Waals surface area contributed by atoms with Crippen molar-refractivity contribution < 1.29 is 19.2 Å². The van der Waals surface area contributed by atoms with Crippen LogP contribution in [-0.4, -0.2) is 38.4 Å². The maximum absolute atomic E-state index is 6.36. The van der Waals surface area contributed by atoms with Gasteiger partial charge in [0.25, 0.3) is 0 Å². The van der Waals surface area contributed by atoms with Crippen molar-refractivity contribution in [2.45, 2.75) is 76.5 Å². The van der Waals surface area contributed by atoms with Crippen LogP contribution in [0.15, 0.2) is 24.3 Å². The molecule has 1 aliphatic carbocycles. The molecule has 4 saturated heterocycles. The second-order valence-corrected chi connectivity index (χ2v) is 10.5. The van der Waals surface area contributed by atoms with E-state index in [1.807, 2.05) is 6.92 Å². The summed E-state index contributed by atoms with van der Waals surface area (Å²) < 4.78 is 12.7. The van der Waals surface area contributed by atoms with Gasteiger partial charge in [-0.15, -0.1) is 12.4 Å². The Balaban J connectivity index is 0.00000231. The highest BCUT2D eigenvalue weighted by Gasteiger charge is 2.68. The maximum Gasteiger partial charge on any atom is 0.201 e. The smallest absolute Gasteiger partial charge is 0.201 e. The standard InChI is InChI=1S/C25H37NO4.ClH/c1-17-8-13-22-19(7-5-6-18-9-11-20(12-10-18)26(3)4)16-27-23-25(22)21(17)14-15-24(2,28-23)29-30-25;/h9-12,17,19,21-23H,5-8,13-16H2,1-4H3;1H/t17-,19+,21+,22+,23-,24-,25-;/m1./s1. The fourth-order valence-electron chi connectivity index (χ4n) is 6.54. The number of rotatable bonds is 5. The van der Waals surface area contributed by atoms with Gasteiger partial charge in [0.1, 0.15) is 0 Å². The molecule has 0 unspecified atom stereocenters. The van der Waals surface area contributed by atoms with Crippen LogP contribution in [0.4, 0.5) is 5.69 Å². The first kappa shape index (κ1) is 23.3. The van der Waals surface area contributed by atoms with E-state index in [4.69, 9.17) is 19.2 Å². The third-order valence-electron chi connectivity index (χ3n) is 8.30. The van der Waals surface area contributed by atoms with Crippen LogP contribution < -0.4 is 4.90 Å². The van der Waals surface area contributed by atoms with E-state index in [0.717, 1.165) is 32.3 Å². The summed E-state index contributed by atoms with van der Waals surface area (Å²) >= 11 is 0. The zero-order valence-corrected chi connectivity index (χ0v) is 20.2. The molecule has 0 amide bonds. The molecule has 4 heterocycles. The van der Waals surface area contributed by atoms with Gasteiger partial charge in [0.05, 0.1) is 6.61 Å². The predicted molar refractivity (Wildman–Crippen MR) is 123 cm³/mol. The van der Waals surface area contributed by atoms with E-state index in [1.165, 1.54) is 30.5 Å². The molecule has 4 aliphatic heterocycles. The van der Waals surface area contributed by atoms with E-state index < -0.39 is 11.4 Å². The van der Waals surface area contributed by atoms with Crippen LogP contribution in [0.2, 0.25) is 0 Å². The molecule has 7 atom stereocenters. The Morgan fingerprint density at radius 3 is 2.55 bits per heavy atom. The molecule has 1 saturated carbocycles. The van der Waals surface area contributed by atoms with Crippen LogP contribution in [0.5, 0.6) is 0 Å². The molecular formula is C25H38ClNO4. The highest BCUT2D eigenvalue weighted by atomic mass is 35.5. The molecule has 5 aliphatic rings. The van der Waals surface area contributed by atoms with Crippen LogP contribution in [0.1, 0.15) is 57.9 Å². The minimum atomic E-state index is -0.664. The first-order chi connectivity index (χ1) is 14.4. The number of benzene rings is 1. The van der Waals surface area contributed by atoms with Gasteiger partial charge in [0.2, 0.25) is 5.79 Å². The Bertz CT molecular complexity index is 758. The largest absolute Gasteiger partial charge is 0.378 e. The Morgan fingerprint density at radius 2 is 1.81 bits per heavy atom. The monoisotopic (exact) mass is 451 g/mol. The van der Waals surface area contributed by atoms with E-state index in [9.17, 15) is 0 Å². The van der Waals surface area contributed by atoms with E-state index in [2.05, 4.69) is 50.2 Å². The van der Waals surface area contributed by atoms with Gasteiger partial charge in [-0.25, -0.2) is 9.78 Å². The molecule has 1 aromatic rings. The number of hydrogen-bond donors (Lipinski definition) is 0. The van der Waals surface area contributed by atoms with Crippen molar-refractivity contribution in [2.75, 3.05) is 25.6 Å². The molecular weight excluding hydrogens is 414 g/mol. The van der Waals surface area contributed by atoms with Gasteiger partial charge in [0.15, 0.2) is 11.9 Å². The summed E-state index contributed by atoms with van der Waals surface area (Å²) in [6, 6.07) is 8.95. The molecule has 5 fully saturated rings. The summed E-state index contributed by atoms with van der Waals surface area (Å²) in [5.74, 6) is 1.37.